The standard InChI is InChI=1S/C14H21NO/c1-3-12-6-8-13(9-7-12)16-14-5-4-10-15(2)11-14/h6-9,14H,3-5,10-11H2,1-2H3. The van der Waals surface area contributed by atoms with Crippen molar-refractivity contribution in [2.24, 2.45) is 0 Å². The summed E-state index contributed by atoms with van der Waals surface area (Å²) < 4.78 is 5.98. The van der Waals surface area contributed by atoms with Crippen LogP contribution >= 0.6 is 0 Å². The lowest BCUT2D eigenvalue weighted by molar-refractivity contribution is 0.104. The maximum Gasteiger partial charge on any atom is 0.119 e. The van der Waals surface area contributed by atoms with Gasteiger partial charge in [-0.3, -0.25) is 0 Å². The van der Waals surface area contributed by atoms with E-state index in [0.29, 0.717) is 6.10 Å². The zero-order valence-corrected chi connectivity index (χ0v) is 10.3. The summed E-state index contributed by atoms with van der Waals surface area (Å²) in [7, 11) is 2.16. The van der Waals surface area contributed by atoms with E-state index in [0.717, 1.165) is 18.7 Å². The van der Waals surface area contributed by atoms with Crippen molar-refractivity contribution >= 4 is 0 Å². The van der Waals surface area contributed by atoms with Gasteiger partial charge in [-0.15, -0.1) is 0 Å². The second-order valence-electron chi connectivity index (χ2n) is 4.64. The van der Waals surface area contributed by atoms with Crippen molar-refractivity contribution in [3.8, 4) is 5.75 Å². The van der Waals surface area contributed by atoms with Crippen LogP contribution in [0.2, 0.25) is 0 Å². The van der Waals surface area contributed by atoms with E-state index >= 15 is 0 Å². The van der Waals surface area contributed by atoms with Crippen molar-refractivity contribution in [1.29, 1.82) is 0 Å². The summed E-state index contributed by atoms with van der Waals surface area (Å²) >= 11 is 0. The van der Waals surface area contributed by atoms with Gasteiger partial charge in [0.1, 0.15) is 11.9 Å². The van der Waals surface area contributed by atoms with Crippen molar-refractivity contribution in [2.45, 2.75) is 32.3 Å². The Morgan fingerprint density at radius 2 is 2.06 bits per heavy atom. The number of rotatable bonds is 3. The van der Waals surface area contributed by atoms with Crippen LogP contribution in [0.4, 0.5) is 0 Å². The Morgan fingerprint density at radius 3 is 2.69 bits per heavy atom. The van der Waals surface area contributed by atoms with Gasteiger partial charge in [0.2, 0.25) is 0 Å². The van der Waals surface area contributed by atoms with E-state index in [1.165, 1.54) is 24.9 Å². The van der Waals surface area contributed by atoms with Crippen LogP contribution in [0.5, 0.6) is 5.75 Å². The van der Waals surface area contributed by atoms with Gasteiger partial charge in [-0.2, -0.15) is 0 Å². The molecule has 0 N–H and O–H groups in total. The third-order valence-electron chi connectivity index (χ3n) is 3.22. The first-order valence-corrected chi connectivity index (χ1v) is 6.22. The summed E-state index contributed by atoms with van der Waals surface area (Å²) in [6, 6.07) is 8.49. The molecule has 0 radical (unpaired) electrons. The SMILES string of the molecule is CCc1ccc(OC2CCCN(C)C2)cc1. The molecule has 1 heterocycles. The number of piperidine rings is 1. The number of aryl methyl sites for hydroxylation is 1. The van der Waals surface area contributed by atoms with Crippen LogP contribution in [0.15, 0.2) is 24.3 Å². The highest BCUT2D eigenvalue weighted by Gasteiger charge is 2.18. The Bertz CT molecular complexity index is 320. The second-order valence-corrected chi connectivity index (χ2v) is 4.64. The predicted molar refractivity (Wildman–Crippen MR) is 67.0 cm³/mol. The molecular formula is C14H21NO. The van der Waals surface area contributed by atoms with Crippen molar-refractivity contribution in [3.05, 3.63) is 29.8 Å². The number of likely N-dealkylation sites (N-methyl/N-ethyl adjacent to an activating group) is 1. The minimum absolute atomic E-state index is 0.367. The van der Waals surface area contributed by atoms with Crippen LogP contribution in [-0.4, -0.2) is 31.1 Å². The van der Waals surface area contributed by atoms with E-state index in [1.54, 1.807) is 0 Å². The fourth-order valence-corrected chi connectivity index (χ4v) is 2.21. The molecule has 16 heavy (non-hydrogen) atoms. The number of ether oxygens (including phenoxy) is 1. The Labute approximate surface area is 98.2 Å². The number of hydrogen-bond donors (Lipinski definition) is 0. The number of nitrogens with zero attached hydrogens (tertiary/aromatic N) is 1. The van der Waals surface area contributed by atoms with E-state index in [-0.39, 0.29) is 0 Å². The van der Waals surface area contributed by atoms with Crippen LogP contribution in [0, 0.1) is 0 Å². The molecule has 1 aromatic carbocycles. The molecule has 0 aromatic heterocycles. The minimum Gasteiger partial charge on any atom is -0.489 e. The molecule has 0 amide bonds. The van der Waals surface area contributed by atoms with Crippen LogP contribution in [0.25, 0.3) is 0 Å². The average molecular weight is 219 g/mol. The van der Waals surface area contributed by atoms with E-state index in [1.807, 2.05) is 0 Å². The van der Waals surface area contributed by atoms with Gasteiger partial charge in [0.05, 0.1) is 0 Å². The van der Waals surface area contributed by atoms with E-state index in [9.17, 15) is 0 Å². The monoisotopic (exact) mass is 219 g/mol. The lowest BCUT2D eigenvalue weighted by Crippen LogP contribution is -2.38. The molecule has 2 heteroatoms. The van der Waals surface area contributed by atoms with Crippen LogP contribution in [0.1, 0.15) is 25.3 Å². The maximum absolute atomic E-state index is 5.98. The predicted octanol–water partition coefficient (Wildman–Crippen LogP) is 2.72. The Morgan fingerprint density at radius 1 is 1.31 bits per heavy atom. The summed E-state index contributed by atoms with van der Waals surface area (Å²) in [5.74, 6) is 1.01. The molecule has 1 unspecified atom stereocenters. The van der Waals surface area contributed by atoms with Crippen molar-refractivity contribution in [1.82, 2.24) is 4.90 Å². The molecule has 88 valence electrons. The first-order chi connectivity index (χ1) is 7.78. The molecule has 1 aromatic rings. The normalized spacial score (nSPS) is 22.0. The van der Waals surface area contributed by atoms with Gasteiger partial charge >= 0.3 is 0 Å². The Kier molecular flexibility index (Phi) is 3.83. The molecule has 2 rings (SSSR count). The highest BCUT2D eigenvalue weighted by atomic mass is 16.5. The fraction of sp³-hybridized carbons (Fsp3) is 0.571. The van der Waals surface area contributed by atoms with Gasteiger partial charge in [0.25, 0.3) is 0 Å². The number of likely N-dealkylation sites (tertiary alicyclic amines) is 1. The highest BCUT2D eigenvalue weighted by molar-refractivity contribution is 5.27. The topological polar surface area (TPSA) is 12.5 Å². The number of hydrogen-bond acceptors (Lipinski definition) is 2. The molecule has 0 saturated carbocycles. The first kappa shape index (κ1) is 11.5. The van der Waals surface area contributed by atoms with E-state index in [2.05, 4.69) is 43.1 Å². The lowest BCUT2D eigenvalue weighted by Gasteiger charge is -2.30. The van der Waals surface area contributed by atoms with E-state index < -0.39 is 0 Å². The fourth-order valence-electron chi connectivity index (χ4n) is 2.21. The summed E-state index contributed by atoms with van der Waals surface area (Å²) in [6.45, 7) is 4.43. The van der Waals surface area contributed by atoms with Gasteiger partial charge < -0.3 is 9.64 Å². The Hall–Kier alpha value is -1.02. The van der Waals surface area contributed by atoms with Gasteiger partial charge in [-0.25, -0.2) is 0 Å². The van der Waals surface area contributed by atoms with Gasteiger partial charge in [0, 0.05) is 6.54 Å². The second kappa shape index (κ2) is 5.35. The molecule has 1 aliphatic rings. The van der Waals surface area contributed by atoms with Crippen LogP contribution in [0.3, 0.4) is 0 Å². The zero-order valence-electron chi connectivity index (χ0n) is 10.3. The molecule has 1 aliphatic heterocycles. The molecule has 0 aliphatic carbocycles. The molecule has 0 bridgehead atoms. The van der Waals surface area contributed by atoms with Crippen molar-refractivity contribution in [3.63, 3.8) is 0 Å². The van der Waals surface area contributed by atoms with E-state index in [4.69, 9.17) is 4.74 Å². The van der Waals surface area contributed by atoms with Crippen LogP contribution in [-0.2, 0) is 6.42 Å². The third-order valence-corrected chi connectivity index (χ3v) is 3.22. The van der Waals surface area contributed by atoms with Gasteiger partial charge in [-0.05, 0) is 50.6 Å². The lowest BCUT2D eigenvalue weighted by atomic mass is 10.1. The molecule has 1 atom stereocenters. The molecule has 1 saturated heterocycles. The summed E-state index contributed by atoms with van der Waals surface area (Å²) in [5.41, 5.74) is 1.37. The maximum atomic E-state index is 5.98. The van der Waals surface area contributed by atoms with Crippen molar-refractivity contribution in [2.75, 3.05) is 20.1 Å². The quantitative estimate of drug-likeness (QED) is 0.775. The van der Waals surface area contributed by atoms with Gasteiger partial charge in [0.15, 0.2) is 0 Å². The van der Waals surface area contributed by atoms with Gasteiger partial charge in [-0.1, -0.05) is 19.1 Å². The highest BCUT2D eigenvalue weighted by Crippen LogP contribution is 2.18. The minimum atomic E-state index is 0.367. The molecule has 2 nitrogen and oxygen atoms in total. The number of benzene rings is 1. The third kappa shape index (κ3) is 2.99. The molecule has 0 spiro atoms. The van der Waals surface area contributed by atoms with Crippen LogP contribution < -0.4 is 4.74 Å². The van der Waals surface area contributed by atoms with Crippen molar-refractivity contribution < 1.29 is 4.74 Å². The summed E-state index contributed by atoms with van der Waals surface area (Å²) in [4.78, 5) is 2.34. The molecular weight excluding hydrogens is 198 g/mol. The summed E-state index contributed by atoms with van der Waals surface area (Å²) in [6.07, 6.45) is 3.88. The largest absolute Gasteiger partial charge is 0.489 e. The zero-order chi connectivity index (χ0) is 11.4. The first-order valence-electron chi connectivity index (χ1n) is 6.22. The molecule has 1 fully saturated rings. The average Bonchev–Trinajstić information content (AvgIpc) is 2.30. The Balaban J connectivity index is 1.92. The smallest absolute Gasteiger partial charge is 0.119 e. The summed E-state index contributed by atoms with van der Waals surface area (Å²) in [5, 5.41) is 0.